The van der Waals surface area contributed by atoms with Crippen LogP contribution in [0.1, 0.15) is 73.3 Å². The fourth-order valence-corrected chi connectivity index (χ4v) is 4.74. The van der Waals surface area contributed by atoms with Gasteiger partial charge in [-0.1, -0.05) is 64.4 Å². The van der Waals surface area contributed by atoms with E-state index < -0.39 is 102 Å². The number of hydrogen-bond donors (Lipinski definition) is 9. The third kappa shape index (κ3) is 15.6. The van der Waals surface area contributed by atoms with Crippen molar-refractivity contribution in [3.05, 3.63) is 35.9 Å². The number of hydrogen-bond acceptors (Lipinski definition) is 9. The highest BCUT2D eigenvalue weighted by Crippen LogP contribution is 2.11. The molecule has 0 aliphatic rings. The molecule has 0 aromatic heterocycles. The lowest BCUT2D eigenvalue weighted by Gasteiger charge is -2.27. The normalized spacial score (nSPS) is 15.7. The van der Waals surface area contributed by atoms with E-state index in [1.165, 1.54) is 20.8 Å². The maximum Gasteiger partial charge on any atom is 0.326 e. The Morgan fingerprint density at radius 2 is 1.10 bits per heavy atom. The number of carboxylic acids is 2. The number of carbonyl (C=O) groups is 8. The van der Waals surface area contributed by atoms with Gasteiger partial charge in [-0.2, -0.15) is 0 Å². The summed E-state index contributed by atoms with van der Waals surface area (Å²) in [6.07, 6.45) is -0.349. The Balaban J connectivity index is 3.15. The highest BCUT2D eigenvalue weighted by molar-refractivity contribution is 5.97. The predicted octanol–water partition coefficient (Wildman–Crippen LogP) is -0.824. The summed E-state index contributed by atoms with van der Waals surface area (Å²) in [5.41, 5.74) is 6.22. The number of aliphatic carboxylic acids is 2. The van der Waals surface area contributed by atoms with Crippen LogP contribution in [-0.2, 0) is 44.8 Å². The molecule has 1 aromatic carbocycles. The molecule has 0 spiro atoms. The summed E-state index contributed by atoms with van der Waals surface area (Å²) in [6, 6.07) is -0.0140. The number of amides is 6. The minimum absolute atomic E-state index is 0.00380. The Morgan fingerprint density at radius 1 is 0.627 bits per heavy atom. The smallest absolute Gasteiger partial charge is 0.326 e. The van der Waals surface area contributed by atoms with E-state index in [0.717, 1.165) is 0 Å². The van der Waals surface area contributed by atoms with Crippen LogP contribution in [0.15, 0.2) is 30.3 Å². The van der Waals surface area contributed by atoms with E-state index in [0.29, 0.717) is 12.0 Å². The zero-order chi connectivity index (χ0) is 39.0. The number of carboxylic acid groups (broad SMARTS) is 2. The third-order valence-electron chi connectivity index (χ3n) is 7.96. The first kappa shape index (κ1) is 44.0. The number of carbonyl (C=O) groups excluding carboxylic acids is 6. The van der Waals surface area contributed by atoms with Gasteiger partial charge in [-0.15, -0.1) is 0 Å². The Morgan fingerprint density at radius 3 is 1.57 bits per heavy atom. The Bertz CT molecular complexity index is 1390. The van der Waals surface area contributed by atoms with Crippen molar-refractivity contribution in [3.8, 4) is 0 Å². The summed E-state index contributed by atoms with van der Waals surface area (Å²) in [4.78, 5) is 101. The van der Waals surface area contributed by atoms with E-state index in [-0.39, 0.29) is 18.8 Å². The minimum Gasteiger partial charge on any atom is -0.481 e. The maximum absolute atomic E-state index is 13.4. The standard InChI is InChI=1S/C34H53N7O10/c1-8-18(4)27(34(50)51)41-33(49)23(14-17(2)3)40-32(48)25(16-26(42)43)39-30(46)21(7)37-31(47)24(15-22-12-10-9-11-13-22)38-29(45)20(6)36-28(44)19(5)35/h9-13,17-21,23-25,27H,8,14-16,35H2,1-7H3,(H,36,44)(H,37,47)(H,38,45)(H,39,46)(H,40,48)(H,41,49)(H,42,43)(H,50,51)/t18-,19-,20-,21-,23-,24-,25-,27-/m0/s1. The van der Waals surface area contributed by atoms with Crippen LogP contribution in [0.3, 0.4) is 0 Å². The van der Waals surface area contributed by atoms with Gasteiger partial charge in [-0.25, -0.2) is 4.79 Å². The van der Waals surface area contributed by atoms with Crippen molar-refractivity contribution in [1.82, 2.24) is 31.9 Å². The van der Waals surface area contributed by atoms with Crippen molar-refractivity contribution in [2.45, 2.75) is 116 Å². The van der Waals surface area contributed by atoms with Gasteiger partial charge in [0.25, 0.3) is 0 Å². The predicted molar refractivity (Wildman–Crippen MR) is 186 cm³/mol. The van der Waals surface area contributed by atoms with Crippen LogP contribution in [-0.4, -0.2) is 99.9 Å². The summed E-state index contributed by atoms with van der Waals surface area (Å²) in [5, 5.41) is 33.7. The van der Waals surface area contributed by atoms with Gasteiger partial charge in [0.2, 0.25) is 35.4 Å². The van der Waals surface area contributed by atoms with E-state index in [2.05, 4.69) is 31.9 Å². The van der Waals surface area contributed by atoms with Gasteiger partial charge in [-0.3, -0.25) is 33.6 Å². The number of rotatable bonds is 21. The van der Waals surface area contributed by atoms with Gasteiger partial charge >= 0.3 is 11.9 Å². The van der Waals surface area contributed by atoms with Crippen molar-refractivity contribution >= 4 is 47.4 Å². The molecule has 17 heteroatoms. The Kier molecular flexibility index (Phi) is 18.3. The second-order valence-electron chi connectivity index (χ2n) is 13.1. The average molecular weight is 720 g/mol. The molecule has 0 aliphatic heterocycles. The van der Waals surface area contributed by atoms with E-state index in [4.69, 9.17) is 5.73 Å². The van der Waals surface area contributed by atoms with Crippen molar-refractivity contribution in [2.24, 2.45) is 17.6 Å². The molecule has 0 heterocycles. The van der Waals surface area contributed by atoms with Crippen LogP contribution in [0.5, 0.6) is 0 Å². The fraction of sp³-hybridized carbons (Fsp3) is 0.588. The molecule has 0 aliphatic carbocycles. The Labute approximate surface area is 297 Å². The lowest BCUT2D eigenvalue weighted by molar-refractivity contribution is -0.144. The number of nitrogens with one attached hydrogen (secondary N) is 6. The SMILES string of the molecule is CC[C@H](C)[C@H](NC(=O)[C@H](CC(C)C)NC(=O)[C@H](CC(=O)O)NC(=O)[C@H](C)NC(=O)[C@H](Cc1ccccc1)NC(=O)[C@H](C)NC(=O)[C@H](C)N)C(=O)O. The quantitative estimate of drug-likeness (QED) is 0.0757. The van der Waals surface area contributed by atoms with Crippen LogP contribution in [0, 0.1) is 11.8 Å². The second kappa shape index (κ2) is 21.2. The molecule has 0 saturated carbocycles. The fourth-order valence-electron chi connectivity index (χ4n) is 4.74. The molecule has 10 N–H and O–H groups in total. The molecule has 0 bridgehead atoms. The van der Waals surface area contributed by atoms with E-state index >= 15 is 0 Å². The first-order valence-corrected chi connectivity index (χ1v) is 16.8. The number of nitrogens with two attached hydrogens (primary N) is 1. The third-order valence-corrected chi connectivity index (χ3v) is 7.96. The molecule has 51 heavy (non-hydrogen) atoms. The molecule has 1 aromatic rings. The van der Waals surface area contributed by atoms with Gasteiger partial charge in [0.05, 0.1) is 12.5 Å². The molecule has 0 saturated heterocycles. The summed E-state index contributed by atoms with van der Waals surface area (Å²) < 4.78 is 0. The highest BCUT2D eigenvalue weighted by atomic mass is 16.4. The van der Waals surface area contributed by atoms with Gasteiger partial charge in [-0.05, 0) is 44.6 Å². The topological polar surface area (TPSA) is 275 Å². The number of benzene rings is 1. The highest BCUT2D eigenvalue weighted by Gasteiger charge is 2.34. The van der Waals surface area contributed by atoms with Crippen molar-refractivity contribution in [3.63, 3.8) is 0 Å². The minimum atomic E-state index is -1.68. The molecule has 6 amide bonds. The van der Waals surface area contributed by atoms with E-state index in [1.807, 2.05) is 0 Å². The lowest BCUT2D eigenvalue weighted by Crippen LogP contribution is -2.59. The molecule has 17 nitrogen and oxygen atoms in total. The summed E-state index contributed by atoms with van der Waals surface area (Å²) >= 11 is 0. The molecule has 8 atom stereocenters. The van der Waals surface area contributed by atoms with Gasteiger partial charge in [0, 0.05) is 6.42 Å². The van der Waals surface area contributed by atoms with Gasteiger partial charge < -0.3 is 47.8 Å². The first-order valence-electron chi connectivity index (χ1n) is 16.8. The van der Waals surface area contributed by atoms with Crippen LogP contribution in [0.25, 0.3) is 0 Å². The van der Waals surface area contributed by atoms with Gasteiger partial charge in [0.15, 0.2) is 0 Å². The summed E-state index contributed by atoms with van der Waals surface area (Å²) in [5.74, 6) is -8.11. The van der Waals surface area contributed by atoms with E-state index in [9.17, 15) is 48.6 Å². The van der Waals surface area contributed by atoms with E-state index in [1.54, 1.807) is 58.0 Å². The first-order chi connectivity index (χ1) is 23.8. The Hall–Kier alpha value is -5.06. The molecule has 1 rings (SSSR count). The van der Waals surface area contributed by atoms with Crippen LogP contribution >= 0.6 is 0 Å². The zero-order valence-corrected chi connectivity index (χ0v) is 30.1. The van der Waals surface area contributed by atoms with Crippen molar-refractivity contribution in [1.29, 1.82) is 0 Å². The molecule has 0 unspecified atom stereocenters. The second-order valence-corrected chi connectivity index (χ2v) is 13.1. The molecular weight excluding hydrogens is 666 g/mol. The summed E-state index contributed by atoms with van der Waals surface area (Å²) in [6.45, 7) is 11.1. The largest absolute Gasteiger partial charge is 0.481 e. The molecule has 0 radical (unpaired) electrons. The van der Waals surface area contributed by atoms with Crippen LogP contribution < -0.4 is 37.6 Å². The average Bonchev–Trinajstić information content (AvgIpc) is 3.05. The van der Waals surface area contributed by atoms with Crippen LogP contribution in [0.4, 0.5) is 0 Å². The molecule has 0 fully saturated rings. The zero-order valence-electron chi connectivity index (χ0n) is 30.1. The lowest BCUT2D eigenvalue weighted by atomic mass is 9.97. The van der Waals surface area contributed by atoms with Gasteiger partial charge in [0.1, 0.15) is 36.3 Å². The molecule has 284 valence electrons. The van der Waals surface area contributed by atoms with Crippen molar-refractivity contribution < 1.29 is 48.6 Å². The van der Waals surface area contributed by atoms with Crippen molar-refractivity contribution in [2.75, 3.05) is 0 Å². The maximum atomic E-state index is 13.4. The summed E-state index contributed by atoms with van der Waals surface area (Å²) in [7, 11) is 0. The monoisotopic (exact) mass is 719 g/mol. The van der Waals surface area contributed by atoms with Crippen LogP contribution in [0.2, 0.25) is 0 Å². The molecular formula is C34H53N7O10.